The molecule has 5 nitrogen and oxygen atoms in total. The monoisotopic (exact) mass is 385 g/mol. The van der Waals surface area contributed by atoms with Gasteiger partial charge in [-0.05, 0) is 58.4 Å². The van der Waals surface area contributed by atoms with Crippen LogP contribution in [0.1, 0.15) is 40.2 Å². The molecule has 0 aliphatic carbocycles. The third kappa shape index (κ3) is 3.68. The minimum absolute atomic E-state index is 0.203. The van der Waals surface area contributed by atoms with E-state index in [9.17, 15) is 9.59 Å². The summed E-state index contributed by atoms with van der Waals surface area (Å²) in [5, 5.41) is 1.92. The first-order valence-corrected chi connectivity index (χ1v) is 8.47. The lowest BCUT2D eigenvalue weighted by Gasteiger charge is -2.31. The van der Waals surface area contributed by atoms with Crippen LogP contribution >= 0.6 is 23.2 Å². The summed E-state index contributed by atoms with van der Waals surface area (Å²) in [5.74, 6) is -0.674. The summed E-state index contributed by atoms with van der Waals surface area (Å²) in [6.45, 7) is 8.69. The minimum Gasteiger partial charge on any atom is -0.427 e. The predicted octanol–water partition coefficient (Wildman–Crippen LogP) is 4.48. The Morgan fingerprint density at radius 3 is 2.08 bits per heavy atom. The SMILES string of the molecule is CON1C(=O)C(c2cc(Cl)cc(Cl)c2)=C(OC(=O)C(C)(C)C)C1(C)C. The molecule has 1 aliphatic rings. The third-order valence-corrected chi connectivity index (χ3v) is 4.27. The van der Waals surface area contributed by atoms with Gasteiger partial charge in [-0.2, -0.15) is 0 Å². The number of hydroxylamine groups is 2. The molecule has 0 fully saturated rings. The molecule has 0 unspecified atom stereocenters. The van der Waals surface area contributed by atoms with E-state index < -0.39 is 22.8 Å². The maximum atomic E-state index is 12.9. The number of esters is 1. The highest BCUT2D eigenvalue weighted by molar-refractivity contribution is 6.35. The molecule has 1 aromatic rings. The zero-order chi connectivity index (χ0) is 19.2. The number of carbonyl (C=O) groups excluding carboxylic acids is 2. The molecule has 0 saturated carbocycles. The molecule has 1 aliphatic heterocycles. The van der Waals surface area contributed by atoms with Gasteiger partial charge in [0, 0.05) is 10.0 Å². The van der Waals surface area contributed by atoms with Gasteiger partial charge in [0.25, 0.3) is 5.91 Å². The largest absolute Gasteiger partial charge is 0.427 e. The van der Waals surface area contributed by atoms with Crippen LogP contribution in [0, 0.1) is 5.41 Å². The number of nitrogens with zero attached hydrogens (tertiary/aromatic N) is 1. The number of hydrogen-bond donors (Lipinski definition) is 0. The summed E-state index contributed by atoms with van der Waals surface area (Å²) in [5.41, 5.74) is -1.04. The Labute approximate surface area is 157 Å². The Balaban J connectivity index is 2.67. The van der Waals surface area contributed by atoms with Crippen LogP contribution in [-0.2, 0) is 19.2 Å². The molecule has 1 heterocycles. The fraction of sp³-hybridized carbons (Fsp3) is 0.444. The lowest BCUT2D eigenvalue weighted by Crippen LogP contribution is -2.43. The Morgan fingerprint density at radius 2 is 1.64 bits per heavy atom. The molecule has 0 spiro atoms. The molecule has 136 valence electrons. The van der Waals surface area contributed by atoms with Crippen LogP contribution in [0.4, 0.5) is 0 Å². The van der Waals surface area contributed by atoms with Gasteiger partial charge in [0.1, 0.15) is 11.3 Å². The number of carbonyl (C=O) groups is 2. The van der Waals surface area contributed by atoms with Gasteiger partial charge in [-0.15, -0.1) is 0 Å². The highest BCUT2D eigenvalue weighted by atomic mass is 35.5. The fourth-order valence-electron chi connectivity index (χ4n) is 2.54. The van der Waals surface area contributed by atoms with Crippen LogP contribution < -0.4 is 0 Å². The molecule has 0 saturated heterocycles. The van der Waals surface area contributed by atoms with Crippen LogP contribution in [0.15, 0.2) is 24.0 Å². The van der Waals surface area contributed by atoms with Crippen LogP contribution in [-0.4, -0.2) is 29.6 Å². The first kappa shape index (κ1) is 19.8. The lowest BCUT2D eigenvalue weighted by molar-refractivity contribution is -0.192. The normalized spacial score (nSPS) is 17.3. The van der Waals surface area contributed by atoms with E-state index >= 15 is 0 Å². The smallest absolute Gasteiger partial charge is 0.316 e. The second-order valence-electron chi connectivity index (χ2n) is 7.34. The molecule has 1 amide bonds. The van der Waals surface area contributed by atoms with E-state index in [0.29, 0.717) is 15.6 Å². The quantitative estimate of drug-likeness (QED) is 0.719. The van der Waals surface area contributed by atoms with E-state index in [4.69, 9.17) is 32.8 Å². The number of benzene rings is 1. The van der Waals surface area contributed by atoms with Crippen molar-refractivity contribution in [1.82, 2.24) is 5.06 Å². The second kappa shape index (κ2) is 6.63. The van der Waals surface area contributed by atoms with Crippen molar-refractivity contribution in [3.8, 4) is 0 Å². The number of halogens is 2. The van der Waals surface area contributed by atoms with Crippen molar-refractivity contribution in [2.45, 2.75) is 40.2 Å². The molecule has 0 radical (unpaired) electrons. The van der Waals surface area contributed by atoms with E-state index in [1.165, 1.54) is 12.2 Å². The first-order valence-electron chi connectivity index (χ1n) is 7.71. The van der Waals surface area contributed by atoms with E-state index in [1.807, 2.05) is 0 Å². The van der Waals surface area contributed by atoms with Gasteiger partial charge in [0.2, 0.25) is 0 Å². The summed E-state index contributed by atoms with van der Waals surface area (Å²) in [7, 11) is 1.39. The van der Waals surface area contributed by atoms with Gasteiger partial charge < -0.3 is 4.74 Å². The lowest BCUT2D eigenvalue weighted by atomic mass is 9.96. The molecular formula is C18H21Cl2NO4. The van der Waals surface area contributed by atoms with Gasteiger partial charge in [-0.3, -0.25) is 14.4 Å². The van der Waals surface area contributed by atoms with E-state index in [1.54, 1.807) is 52.8 Å². The van der Waals surface area contributed by atoms with E-state index in [-0.39, 0.29) is 11.3 Å². The fourth-order valence-corrected chi connectivity index (χ4v) is 3.06. The molecule has 0 bridgehead atoms. The zero-order valence-corrected chi connectivity index (χ0v) is 16.6. The maximum absolute atomic E-state index is 12.9. The molecular weight excluding hydrogens is 365 g/mol. The highest BCUT2D eigenvalue weighted by Gasteiger charge is 2.50. The number of amides is 1. The molecule has 2 rings (SSSR count). The van der Waals surface area contributed by atoms with Crippen LogP contribution in [0.5, 0.6) is 0 Å². The van der Waals surface area contributed by atoms with Crippen molar-refractivity contribution in [2.75, 3.05) is 7.11 Å². The van der Waals surface area contributed by atoms with Gasteiger partial charge in [-0.1, -0.05) is 23.2 Å². The number of hydrogen-bond acceptors (Lipinski definition) is 4. The van der Waals surface area contributed by atoms with Crippen molar-refractivity contribution in [1.29, 1.82) is 0 Å². The topological polar surface area (TPSA) is 55.8 Å². The maximum Gasteiger partial charge on any atom is 0.316 e. The van der Waals surface area contributed by atoms with Gasteiger partial charge >= 0.3 is 5.97 Å². The summed E-state index contributed by atoms with van der Waals surface area (Å²) in [6.07, 6.45) is 0. The standard InChI is InChI=1S/C18H21Cl2NO4/c1-17(2,3)16(23)25-14-13(10-7-11(19)9-12(20)8-10)15(22)21(24-6)18(14,4)5/h7-9H,1-6H3. The summed E-state index contributed by atoms with van der Waals surface area (Å²) in [6, 6.07) is 4.76. The van der Waals surface area contributed by atoms with Crippen molar-refractivity contribution < 1.29 is 19.2 Å². The summed E-state index contributed by atoms with van der Waals surface area (Å²) >= 11 is 12.1. The summed E-state index contributed by atoms with van der Waals surface area (Å²) in [4.78, 5) is 30.6. The van der Waals surface area contributed by atoms with Gasteiger partial charge in [-0.25, -0.2) is 5.06 Å². The Bertz CT molecular complexity index is 743. The molecule has 25 heavy (non-hydrogen) atoms. The number of rotatable bonds is 3. The van der Waals surface area contributed by atoms with Crippen LogP contribution in [0.2, 0.25) is 10.0 Å². The van der Waals surface area contributed by atoms with Gasteiger partial charge in [0.05, 0.1) is 18.1 Å². The Hall–Kier alpha value is -1.56. The van der Waals surface area contributed by atoms with Crippen molar-refractivity contribution in [3.63, 3.8) is 0 Å². The third-order valence-electron chi connectivity index (χ3n) is 3.83. The van der Waals surface area contributed by atoms with Crippen molar-refractivity contribution >= 4 is 40.7 Å². The van der Waals surface area contributed by atoms with Crippen LogP contribution in [0.3, 0.4) is 0 Å². The molecule has 0 N–H and O–H groups in total. The Kier molecular flexibility index (Phi) is 5.24. The van der Waals surface area contributed by atoms with Crippen LogP contribution in [0.25, 0.3) is 5.57 Å². The van der Waals surface area contributed by atoms with Crippen molar-refractivity contribution in [2.24, 2.45) is 5.41 Å². The zero-order valence-electron chi connectivity index (χ0n) is 15.1. The average molecular weight is 386 g/mol. The molecule has 1 aromatic carbocycles. The van der Waals surface area contributed by atoms with Gasteiger partial charge in [0.15, 0.2) is 0 Å². The summed E-state index contributed by atoms with van der Waals surface area (Å²) < 4.78 is 5.65. The van der Waals surface area contributed by atoms with Crippen molar-refractivity contribution in [3.05, 3.63) is 39.6 Å². The van der Waals surface area contributed by atoms with E-state index in [0.717, 1.165) is 0 Å². The minimum atomic E-state index is -0.975. The second-order valence-corrected chi connectivity index (χ2v) is 8.22. The first-order chi connectivity index (χ1) is 11.4. The molecule has 7 heteroatoms. The molecule has 0 aromatic heterocycles. The molecule has 0 atom stereocenters. The average Bonchev–Trinajstić information content (AvgIpc) is 2.62. The number of ether oxygens (including phenoxy) is 1. The van der Waals surface area contributed by atoms with E-state index in [2.05, 4.69) is 0 Å². The predicted molar refractivity (Wildman–Crippen MR) is 96.9 cm³/mol. The highest BCUT2D eigenvalue weighted by Crippen LogP contribution is 2.42. The Morgan fingerprint density at radius 1 is 1.12 bits per heavy atom.